The fourth-order valence-corrected chi connectivity index (χ4v) is 1.02. The van der Waals surface area contributed by atoms with Crippen LogP contribution in [0.3, 0.4) is 0 Å². The summed E-state index contributed by atoms with van der Waals surface area (Å²) in [5.74, 6) is 0. The number of rotatable bonds is 2. The molecule has 0 N–H and O–H groups in total. The summed E-state index contributed by atoms with van der Waals surface area (Å²) < 4.78 is 0. The number of aromatic nitrogens is 1. The van der Waals surface area contributed by atoms with Crippen LogP contribution in [-0.2, 0) is 0 Å². The van der Waals surface area contributed by atoms with E-state index in [1.54, 1.807) is 18.3 Å². The quantitative estimate of drug-likeness (QED) is 0.657. The summed E-state index contributed by atoms with van der Waals surface area (Å²) in [7, 11) is 0. The molecular formula is C9H9ClN2. The molecule has 1 heterocycles. The standard InChI is InChI=1S/C9H9ClN2/c1-2-8(10)9-5-7(6-11)3-4-12-9/h3-5,8H,2H2,1H3. The van der Waals surface area contributed by atoms with Gasteiger partial charge in [-0.05, 0) is 18.6 Å². The minimum Gasteiger partial charge on any atom is -0.260 e. The van der Waals surface area contributed by atoms with Gasteiger partial charge >= 0.3 is 0 Å². The van der Waals surface area contributed by atoms with Crippen LogP contribution in [0.25, 0.3) is 0 Å². The van der Waals surface area contributed by atoms with Gasteiger partial charge in [-0.2, -0.15) is 5.26 Å². The van der Waals surface area contributed by atoms with Crippen LogP contribution in [0.1, 0.15) is 30.0 Å². The first-order valence-electron chi connectivity index (χ1n) is 3.78. The lowest BCUT2D eigenvalue weighted by Gasteiger charge is -2.04. The van der Waals surface area contributed by atoms with Gasteiger partial charge < -0.3 is 0 Å². The third-order valence-electron chi connectivity index (χ3n) is 1.59. The first kappa shape index (κ1) is 9.02. The summed E-state index contributed by atoms with van der Waals surface area (Å²) in [5.41, 5.74) is 1.39. The molecule has 0 spiro atoms. The van der Waals surface area contributed by atoms with Crippen molar-refractivity contribution in [2.24, 2.45) is 0 Å². The van der Waals surface area contributed by atoms with E-state index in [9.17, 15) is 0 Å². The van der Waals surface area contributed by atoms with E-state index < -0.39 is 0 Å². The highest BCUT2D eigenvalue weighted by Gasteiger charge is 2.06. The van der Waals surface area contributed by atoms with Crippen LogP contribution in [0.15, 0.2) is 18.3 Å². The van der Waals surface area contributed by atoms with E-state index in [4.69, 9.17) is 16.9 Å². The van der Waals surface area contributed by atoms with Gasteiger partial charge in [-0.1, -0.05) is 6.92 Å². The third-order valence-corrected chi connectivity index (χ3v) is 2.12. The zero-order valence-corrected chi connectivity index (χ0v) is 7.54. The summed E-state index contributed by atoms with van der Waals surface area (Å²) in [6.45, 7) is 1.98. The number of alkyl halides is 1. The molecule has 1 aromatic rings. The Morgan fingerprint density at radius 2 is 2.50 bits per heavy atom. The van der Waals surface area contributed by atoms with Crippen LogP contribution < -0.4 is 0 Å². The average molecular weight is 181 g/mol. The van der Waals surface area contributed by atoms with E-state index in [2.05, 4.69) is 4.98 Å². The Labute approximate surface area is 76.8 Å². The molecule has 0 saturated carbocycles. The molecule has 2 nitrogen and oxygen atoms in total. The normalized spacial score (nSPS) is 12.1. The largest absolute Gasteiger partial charge is 0.260 e. The van der Waals surface area contributed by atoms with Crippen LogP contribution in [-0.4, -0.2) is 4.98 Å². The summed E-state index contributed by atoms with van der Waals surface area (Å²) in [4.78, 5) is 4.08. The van der Waals surface area contributed by atoms with E-state index >= 15 is 0 Å². The van der Waals surface area contributed by atoms with Crippen LogP contribution in [0, 0.1) is 11.3 Å². The number of halogens is 1. The van der Waals surface area contributed by atoms with E-state index in [1.165, 1.54) is 0 Å². The van der Waals surface area contributed by atoms with Gasteiger partial charge in [0.05, 0.1) is 22.7 Å². The number of hydrogen-bond donors (Lipinski definition) is 0. The maximum atomic E-state index is 8.60. The molecule has 0 fully saturated rings. The van der Waals surface area contributed by atoms with Gasteiger partial charge in [-0.25, -0.2) is 0 Å². The van der Waals surface area contributed by atoms with Gasteiger partial charge in [-0.15, -0.1) is 11.6 Å². The fourth-order valence-electron chi connectivity index (χ4n) is 0.898. The van der Waals surface area contributed by atoms with Crippen molar-refractivity contribution in [1.29, 1.82) is 5.26 Å². The van der Waals surface area contributed by atoms with Crippen molar-refractivity contribution in [2.45, 2.75) is 18.7 Å². The molecule has 0 saturated heterocycles. The molecule has 0 bridgehead atoms. The molecule has 12 heavy (non-hydrogen) atoms. The lowest BCUT2D eigenvalue weighted by Crippen LogP contribution is -1.92. The monoisotopic (exact) mass is 180 g/mol. The molecule has 0 amide bonds. The van der Waals surface area contributed by atoms with Gasteiger partial charge in [0.15, 0.2) is 0 Å². The second kappa shape index (κ2) is 4.08. The highest BCUT2D eigenvalue weighted by Crippen LogP contribution is 2.21. The summed E-state index contributed by atoms with van der Waals surface area (Å²) >= 11 is 5.95. The van der Waals surface area contributed by atoms with E-state index in [0.29, 0.717) is 5.56 Å². The Hall–Kier alpha value is -1.07. The van der Waals surface area contributed by atoms with Crippen molar-refractivity contribution in [1.82, 2.24) is 4.98 Å². The van der Waals surface area contributed by atoms with Crippen molar-refractivity contribution in [3.8, 4) is 6.07 Å². The van der Waals surface area contributed by atoms with Crippen molar-refractivity contribution in [3.63, 3.8) is 0 Å². The predicted octanol–water partition coefficient (Wildman–Crippen LogP) is 2.64. The van der Waals surface area contributed by atoms with Crippen LogP contribution in [0.2, 0.25) is 0 Å². The molecule has 0 aromatic carbocycles. The number of nitriles is 1. The maximum Gasteiger partial charge on any atom is 0.0992 e. The molecule has 0 radical (unpaired) electrons. The van der Waals surface area contributed by atoms with Crippen LogP contribution >= 0.6 is 11.6 Å². The summed E-state index contributed by atoms with van der Waals surface area (Å²) in [6.07, 6.45) is 2.43. The topological polar surface area (TPSA) is 36.7 Å². The maximum absolute atomic E-state index is 8.60. The molecule has 0 aliphatic carbocycles. The number of pyridine rings is 1. The van der Waals surface area contributed by atoms with E-state index in [0.717, 1.165) is 12.1 Å². The van der Waals surface area contributed by atoms with Crippen molar-refractivity contribution >= 4 is 11.6 Å². The molecule has 1 unspecified atom stereocenters. The fraction of sp³-hybridized carbons (Fsp3) is 0.333. The molecule has 0 aliphatic rings. The summed E-state index contributed by atoms with van der Waals surface area (Å²) in [6, 6.07) is 5.44. The Balaban J connectivity index is 2.95. The summed E-state index contributed by atoms with van der Waals surface area (Å²) in [5, 5.41) is 8.51. The van der Waals surface area contributed by atoms with Gasteiger partial charge in [0, 0.05) is 6.20 Å². The Kier molecular flexibility index (Phi) is 3.07. The minimum absolute atomic E-state index is 0.0849. The number of hydrogen-bond acceptors (Lipinski definition) is 2. The highest BCUT2D eigenvalue weighted by atomic mass is 35.5. The zero-order valence-electron chi connectivity index (χ0n) is 6.79. The minimum atomic E-state index is -0.0849. The second-order valence-corrected chi connectivity index (χ2v) is 2.98. The van der Waals surface area contributed by atoms with Crippen molar-refractivity contribution in [2.75, 3.05) is 0 Å². The molecule has 62 valence electrons. The number of nitrogens with zero attached hydrogens (tertiary/aromatic N) is 2. The van der Waals surface area contributed by atoms with Gasteiger partial charge in [0.1, 0.15) is 0 Å². The van der Waals surface area contributed by atoms with Gasteiger partial charge in [0.25, 0.3) is 0 Å². The lowest BCUT2D eigenvalue weighted by atomic mass is 10.2. The predicted molar refractivity (Wildman–Crippen MR) is 47.8 cm³/mol. The molecule has 1 atom stereocenters. The van der Waals surface area contributed by atoms with Gasteiger partial charge in [0.2, 0.25) is 0 Å². The Morgan fingerprint density at radius 1 is 1.75 bits per heavy atom. The third kappa shape index (κ3) is 1.96. The van der Waals surface area contributed by atoms with Gasteiger partial charge in [-0.3, -0.25) is 4.98 Å². The van der Waals surface area contributed by atoms with Crippen LogP contribution in [0.5, 0.6) is 0 Å². The first-order valence-corrected chi connectivity index (χ1v) is 4.21. The lowest BCUT2D eigenvalue weighted by molar-refractivity contribution is 0.846. The molecule has 3 heteroatoms. The highest BCUT2D eigenvalue weighted by molar-refractivity contribution is 6.20. The smallest absolute Gasteiger partial charge is 0.0992 e. The zero-order chi connectivity index (χ0) is 8.97. The van der Waals surface area contributed by atoms with E-state index in [-0.39, 0.29) is 5.38 Å². The van der Waals surface area contributed by atoms with Crippen molar-refractivity contribution < 1.29 is 0 Å². The molecule has 0 aliphatic heterocycles. The SMILES string of the molecule is CCC(Cl)c1cc(C#N)ccn1. The van der Waals surface area contributed by atoms with Crippen molar-refractivity contribution in [3.05, 3.63) is 29.6 Å². The molecular weight excluding hydrogens is 172 g/mol. The van der Waals surface area contributed by atoms with Crippen LogP contribution in [0.4, 0.5) is 0 Å². The average Bonchev–Trinajstić information content (AvgIpc) is 2.17. The second-order valence-electron chi connectivity index (χ2n) is 2.46. The molecule has 1 rings (SSSR count). The Bertz CT molecular complexity index is 304. The molecule has 1 aromatic heterocycles. The van der Waals surface area contributed by atoms with E-state index in [1.807, 2.05) is 13.0 Å². The first-order chi connectivity index (χ1) is 5.77. The Morgan fingerprint density at radius 3 is 3.08 bits per heavy atom.